The molecule has 0 amide bonds. The fourth-order valence-electron chi connectivity index (χ4n) is 2.58. The predicted molar refractivity (Wildman–Crippen MR) is 79.6 cm³/mol. The Morgan fingerprint density at radius 1 is 1.12 bits per heavy atom. The third-order valence-electron chi connectivity index (χ3n) is 3.67. The van der Waals surface area contributed by atoms with Crippen molar-refractivity contribution in [3.8, 4) is 0 Å². The number of halogens is 6. The lowest BCUT2D eigenvalue weighted by molar-refractivity contribution is -0.144. The molecule has 0 atom stereocenters. The summed E-state index contributed by atoms with van der Waals surface area (Å²) < 4.78 is 83.6. The molecule has 0 aliphatic rings. The zero-order chi connectivity index (χ0) is 19.3. The van der Waals surface area contributed by atoms with Crippen molar-refractivity contribution in [1.29, 1.82) is 0 Å². The minimum absolute atomic E-state index is 0.0172. The van der Waals surface area contributed by atoms with Gasteiger partial charge in [-0.2, -0.15) is 26.3 Å². The summed E-state index contributed by atoms with van der Waals surface area (Å²) in [4.78, 5) is 17.6. The fraction of sp³-hybridized carbons (Fsp3) is 0.250. The molecule has 1 aromatic carbocycles. The van der Waals surface area contributed by atoms with E-state index in [-0.39, 0.29) is 29.3 Å². The molecule has 0 aliphatic carbocycles. The second-order valence-electron chi connectivity index (χ2n) is 5.38. The summed E-state index contributed by atoms with van der Waals surface area (Å²) in [5, 5.41) is -0.268. The van der Waals surface area contributed by atoms with Crippen molar-refractivity contribution in [3.63, 3.8) is 0 Å². The number of fused-ring (bicyclic) bond motifs is 3. The van der Waals surface area contributed by atoms with Gasteiger partial charge in [-0.1, -0.05) is 12.1 Å². The Morgan fingerprint density at radius 2 is 1.81 bits per heavy atom. The lowest BCUT2D eigenvalue weighted by Crippen LogP contribution is -2.13. The zero-order valence-electron chi connectivity index (χ0n) is 13.0. The van der Waals surface area contributed by atoms with Gasteiger partial charge in [-0.15, -0.1) is 0 Å². The third kappa shape index (κ3) is 3.06. The van der Waals surface area contributed by atoms with Gasteiger partial charge in [-0.05, 0) is 19.1 Å². The lowest BCUT2D eigenvalue weighted by Gasteiger charge is -2.15. The second-order valence-corrected chi connectivity index (χ2v) is 5.38. The molecule has 3 aromatic rings. The Morgan fingerprint density at radius 3 is 2.38 bits per heavy atom. The fourth-order valence-corrected chi connectivity index (χ4v) is 2.58. The van der Waals surface area contributed by atoms with E-state index >= 15 is 0 Å². The Bertz CT molecular complexity index is 1000. The summed E-state index contributed by atoms with van der Waals surface area (Å²) >= 11 is 0. The number of hydrogen-bond acceptors (Lipinski definition) is 3. The Hall–Kier alpha value is -2.78. The molecule has 0 radical (unpaired) electrons. The summed E-state index contributed by atoms with van der Waals surface area (Å²) in [5.41, 5.74) is -3.84. The number of aromatic nitrogens is 2. The van der Waals surface area contributed by atoms with E-state index in [1.54, 1.807) is 6.92 Å². The molecule has 4 nitrogen and oxygen atoms in total. The number of alkyl halides is 6. The molecule has 26 heavy (non-hydrogen) atoms. The number of benzene rings is 1. The molecule has 138 valence electrons. The van der Waals surface area contributed by atoms with E-state index < -0.39 is 40.5 Å². The van der Waals surface area contributed by atoms with Gasteiger partial charge < -0.3 is 9.72 Å². The van der Waals surface area contributed by atoms with E-state index in [1.165, 1.54) is 12.1 Å². The molecule has 0 aliphatic heterocycles. The minimum atomic E-state index is -5.02. The van der Waals surface area contributed by atoms with Gasteiger partial charge in [0, 0.05) is 10.8 Å². The number of hydrogen-bond donors (Lipinski definition) is 1. The highest BCUT2D eigenvalue weighted by atomic mass is 19.4. The van der Waals surface area contributed by atoms with Gasteiger partial charge in [0.25, 0.3) is 0 Å². The van der Waals surface area contributed by atoms with Crippen LogP contribution in [-0.2, 0) is 17.1 Å². The highest BCUT2D eigenvalue weighted by Crippen LogP contribution is 2.40. The van der Waals surface area contributed by atoms with Crippen LogP contribution < -0.4 is 0 Å². The van der Waals surface area contributed by atoms with Gasteiger partial charge in [0.15, 0.2) is 0 Å². The number of nitrogens with zero attached hydrogens (tertiary/aromatic N) is 1. The van der Waals surface area contributed by atoms with Gasteiger partial charge in [0.1, 0.15) is 11.4 Å². The van der Waals surface area contributed by atoms with Crippen molar-refractivity contribution in [3.05, 3.63) is 41.2 Å². The van der Waals surface area contributed by atoms with E-state index in [9.17, 15) is 31.1 Å². The Kier molecular flexibility index (Phi) is 4.08. The minimum Gasteiger partial charge on any atom is -0.461 e. The smallest absolute Gasteiger partial charge is 0.431 e. The van der Waals surface area contributed by atoms with E-state index in [2.05, 4.69) is 4.98 Å². The van der Waals surface area contributed by atoms with Gasteiger partial charge in [-0.25, -0.2) is 9.78 Å². The number of rotatable bonds is 2. The standard InChI is InChI=1S/C16H10F6N2O2/c1-2-26-14(25)10-5-7-3-4-8-9(15(17,18)19)6-11(16(20,21)22)24-13(8)12(7)23-10/h3-6,24H,2H2,1H3. The molecule has 1 N–H and O–H groups in total. The van der Waals surface area contributed by atoms with Crippen molar-refractivity contribution in [2.45, 2.75) is 19.3 Å². The molecule has 3 rings (SSSR count). The number of ether oxygens (including phenoxy) is 1. The van der Waals surface area contributed by atoms with Crippen LogP contribution in [0.4, 0.5) is 26.3 Å². The van der Waals surface area contributed by atoms with Crippen LogP contribution >= 0.6 is 0 Å². The summed E-state index contributed by atoms with van der Waals surface area (Å²) in [5.74, 6) is -0.820. The first-order valence-corrected chi connectivity index (χ1v) is 7.30. The molecule has 2 aromatic heterocycles. The van der Waals surface area contributed by atoms with Crippen LogP contribution in [0.5, 0.6) is 0 Å². The summed E-state index contributed by atoms with van der Waals surface area (Å²) in [6, 6.07) is 3.55. The maximum Gasteiger partial charge on any atom is 0.431 e. The molecule has 0 saturated carbocycles. The van der Waals surface area contributed by atoms with Crippen molar-refractivity contribution >= 4 is 27.8 Å². The van der Waals surface area contributed by atoms with Gasteiger partial charge >= 0.3 is 18.3 Å². The van der Waals surface area contributed by atoms with Gasteiger partial charge in [0.2, 0.25) is 0 Å². The third-order valence-corrected chi connectivity index (χ3v) is 3.67. The highest BCUT2D eigenvalue weighted by molar-refractivity contribution is 6.07. The van der Waals surface area contributed by atoms with Crippen LogP contribution in [0.2, 0.25) is 0 Å². The first-order valence-electron chi connectivity index (χ1n) is 7.30. The molecule has 0 fully saturated rings. The van der Waals surface area contributed by atoms with E-state index in [0.717, 1.165) is 6.07 Å². The number of esters is 1. The van der Waals surface area contributed by atoms with Crippen LogP contribution in [0, 0.1) is 0 Å². The Labute approximate surface area is 141 Å². The Balaban J connectivity index is 2.37. The number of nitrogens with one attached hydrogen (secondary N) is 1. The van der Waals surface area contributed by atoms with Crippen LogP contribution in [0.1, 0.15) is 28.7 Å². The molecule has 0 bridgehead atoms. The average molecular weight is 376 g/mol. The van der Waals surface area contributed by atoms with Gasteiger partial charge in [-0.3, -0.25) is 0 Å². The van der Waals surface area contributed by atoms with E-state index in [4.69, 9.17) is 4.74 Å². The highest BCUT2D eigenvalue weighted by Gasteiger charge is 2.39. The van der Waals surface area contributed by atoms with Crippen molar-refractivity contribution in [2.24, 2.45) is 0 Å². The SMILES string of the molecule is CCOC(=O)c1cc2ccc3c(C(F)(F)F)cc(C(F)(F)F)[nH]c3c2n1. The molecule has 0 saturated heterocycles. The monoisotopic (exact) mass is 376 g/mol. The largest absolute Gasteiger partial charge is 0.461 e. The number of carbonyl (C=O) groups is 1. The van der Waals surface area contributed by atoms with Crippen LogP contribution in [-0.4, -0.2) is 22.5 Å². The number of pyridine rings is 1. The lowest BCUT2D eigenvalue weighted by atomic mass is 10.0. The molecular weight excluding hydrogens is 366 g/mol. The molecule has 10 heteroatoms. The maximum atomic E-state index is 13.2. The van der Waals surface area contributed by atoms with E-state index in [0.29, 0.717) is 0 Å². The molecule has 2 heterocycles. The van der Waals surface area contributed by atoms with Crippen molar-refractivity contribution in [2.75, 3.05) is 6.61 Å². The first kappa shape index (κ1) is 18.0. The zero-order valence-corrected chi connectivity index (χ0v) is 13.0. The first-order chi connectivity index (χ1) is 12.0. The van der Waals surface area contributed by atoms with Gasteiger partial charge in [0.05, 0.1) is 23.2 Å². The quantitative estimate of drug-likeness (QED) is 0.510. The normalized spacial score (nSPS) is 12.7. The summed E-state index contributed by atoms with van der Waals surface area (Å²) in [6.45, 7) is 1.60. The molecule has 0 spiro atoms. The maximum absolute atomic E-state index is 13.2. The molecule has 0 unspecified atom stereocenters. The number of carbonyl (C=O) groups excluding carboxylic acids is 1. The van der Waals surface area contributed by atoms with Crippen molar-refractivity contribution in [1.82, 2.24) is 9.97 Å². The number of H-pyrrole nitrogens is 1. The summed E-state index contributed by atoms with van der Waals surface area (Å²) in [6.07, 6.45) is -10.0. The molecular formula is C16H10F6N2O2. The van der Waals surface area contributed by atoms with Crippen LogP contribution in [0.25, 0.3) is 21.8 Å². The number of aromatic amines is 1. The van der Waals surface area contributed by atoms with Crippen LogP contribution in [0.3, 0.4) is 0 Å². The van der Waals surface area contributed by atoms with E-state index in [1.807, 2.05) is 4.98 Å². The average Bonchev–Trinajstić information content (AvgIpc) is 2.97. The second kappa shape index (κ2) is 5.89. The van der Waals surface area contributed by atoms with Crippen LogP contribution in [0.15, 0.2) is 24.3 Å². The van der Waals surface area contributed by atoms with Crippen molar-refractivity contribution < 1.29 is 35.9 Å². The predicted octanol–water partition coefficient (Wildman–Crippen LogP) is 4.93. The topological polar surface area (TPSA) is 55.0 Å². The summed E-state index contributed by atoms with van der Waals surface area (Å²) in [7, 11) is 0.